The zero-order chi connectivity index (χ0) is 19.0. The lowest BCUT2D eigenvalue weighted by Crippen LogP contribution is -2.42. The number of fused-ring (bicyclic) bond motifs is 1. The molecule has 1 aromatic rings. The van der Waals surface area contributed by atoms with Crippen LogP contribution in [0.3, 0.4) is 0 Å². The summed E-state index contributed by atoms with van der Waals surface area (Å²) in [6, 6.07) is 1.79. The lowest BCUT2D eigenvalue weighted by atomic mass is 9.90. The molecule has 0 radical (unpaired) electrons. The first-order chi connectivity index (χ1) is 12.3. The summed E-state index contributed by atoms with van der Waals surface area (Å²) in [6.45, 7) is 1.44. The molecule has 3 rings (SSSR count). The van der Waals surface area contributed by atoms with Gasteiger partial charge in [-0.25, -0.2) is 4.79 Å². The van der Waals surface area contributed by atoms with Crippen molar-refractivity contribution in [1.82, 2.24) is 4.90 Å². The number of amides is 1. The smallest absolute Gasteiger partial charge is 0.326 e. The molecule has 0 aromatic heterocycles. The maximum Gasteiger partial charge on any atom is 0.326 e. The second-order valence-corrected chi connectivity index (χ2v) is 7.53. The third-order valence-electron chi connectivity index (χ3n) is 4.36. The second kappa shape index (κ2) is 7.39. The van der Waals surface area contributed by atoms with E-state index in [9.17, 15) is 14.7 Å². The van der Waals surface area contributed by atoms with E-state index in [0.29, 0.717) is 38.3 Å². The molecule has 0 fully saturated rings. The number of thiocarbonyl (C=S) groups is 1. The molecule has 2 N–H and O–H groups in total. The molecule has 26 heavy (non-hydrogen) atoms. The Morgan fingerprint density at radius 2 is 2.08 bits per heavy atom. The predicted molar refractivity (Wildman–Crippen MR) is 106 cm³/mol. The van der Waals surface area contributed by atoms with Crippen LogP contribution < -0.4 is 5.32 Å². The maximum absolute atomic E-state index is 12.5. The number of allylic oxidation sites excluding steroid dienone is 3. The van der Waals surface area contributed by atoms with E-state index in [4.69, 9.17) is 35.4 Å². The second-order valence-electron chi connectivity index (χ2n) is 6.17. The van der Waals surface area contributed by atoms with E-state index >= 15 is 0 Å². The van der Waals surface area contributed by atoms with Gasteiger partial charge in [0.1, 0.15) is 6.04 Å². The lowest BCUT2D eigenvalue weighted by Gasteiger charge is -2.39. The first-order valence-corrected chi connectivity index (χ1v) is 9.13. The molecule has 1 aliphatic carbocycles. The van der Waals surface area contributed by atoms with E-state index in [1.54, 1.807) is 23.1 Å². The Kier molecular flexibility index (Phi) is 5.37. The summed E-state index contributed by atoms with van der Waals surface area (Å²) in [6.07, 6.45) is 6.27. The molecular formula is C18H16Cl2N2O3S. The first-order valence-electron chi connectivity index (χ1n) is 7.97. The molecule has 1 aromatic carbocycles. The Morgan fingerprint density at radius 3 is 2.69 bits per heavy atom. The monoisotopic (exact) mass is 410 g/mol. The Hall–Kier alpha value is -1.89. The minimum atomic E-state index is -1.01. The standard InChI is InChI=1S/C18H16Cl2N2O3S/c1-9(23)22(11-3-2-4-12(26)7-11)16-8-15(18(24)25)21-14-6-10(19)5-13(20)17(14)16/h2-3,5-7,15-16,21H,4,8H2,1H3,(H,24,25)/t15-,16+/m0/s1. The Morgan fingerprint density at radius 1 is 1.35 bits per heavy atom. The van der Waals surface area contributed by atoms with Crippen LogP contribution in [0, 0.1) is 0 Å². The molecule has 1 heterocycles. The minimum absolute atomic E-state index is 0.168. The number of nitrogens with one attached hydrogen (secondary N) is 1. The number of hydrogen-bond donors (Lipinski definition) is 2. The Balaban J connectivity index is 2.15. The van der Waals surface area contributed by atoms with Crippen LogP contribution >= 0.6 is 35.4 Å². The number of aliphatic carboxylic acids is 1. The number of rotatable bonds is 3. The van der Waals surface area contributed by atoms with E-state index in [1.165, 1.54) is 6.92 Å². The summed E-state index contributed by atoms with van der Waals surface area (Å²) < 4.78 is 0. The highest BCUT2D eigenvalue weighted by Crippen LogP contribution is 2.44. The largest absolute Gasteiger partial charge is 0.480 e. The molecule has 1 aliphatic heterocycles. The van der Waals surface area contributed by atoms with Crippen LogP contribution in [-0.2, 0) is 9.59 Å². The zero-order valence-electron chi connectivity index (χ0n) is 13.8. The van der Waals surface area contributed by atoms with Crippen LogP contribution in [-0.4, -0.2) is 32.8 Å². The van der Waals surface area contributed by atoms with E-state index in [2.05, 4.69) is 5.32 Å². The topological polar surface area (TPSA) is 69.6 Å². The van der Waals surface area contributed by atoms with Gasteiger partial charge in [-0.15, -0.1) is 0 Å². The molecule has 0 unspecified atom stereocenters. The number of carboxylic acid groups (broad SMARTS) is 1. The Bertz CT molecular complexity index is 866. The van der Waals surface area contributed by atoms with Crippen LogP contribution in [0.2, 0.25) is 10.0 Å². The molecule has 136 valence electrons. The van der Waals surface area contributed by atoms with Crippen LogP contribution in [0.1, 0.15) is 31.4 Å². The van der Waals surface area contributed by atoms with Gasteiger partial charge in [-0.3, -0.25) is 4.79 Å². The number of halogens is 2. The first kappa shape index (κ1) is 18.9. The average Bonchev–Trinajstić information content (AvgIpc) is 2.53. The van der Waals surface area contributed by atoms with Crippen molar-refractivity contribution in [2.75, 3.05) is 5.32 Å². The zero-order valence-corrected chi connectivity index (χ0v) is 16.2. The van der Waals surface area contributed by atoms with Crippen molar-refractivity contribution < 1.29 is 14.7 Å². The summed E-state index contributed by atoms with van der Waals surface area (Å²) in [5, 5.41) is 13.2. The van der Waals surface area contributed by atoms with Gasteiger partial charge in [0.25, 0.3) is 0 Å². The van der Waals surface area contributed by atoms with Gasteiger partial charge in [-0.2, -0.15) is 0 Å². The van der Waals surface area contributed by atoms with Crippen LogP contribution in [0.15, 0.2) is 36.1 Å². The summed E-state index contributed by atoms with van der Waals surface area (Å²) in [7, 11) is 0. The third-order valence-corrected chi connectivity index (χ3v) is 5.18. The van der Waals surface area contributed by atoms with Crippen LogP contribution in [0.25, 0.3) is 0 Å². The van der Waals surface area contributed by atoms with Gasteiger partial charge < -0.3 is 15.3 Å². The van der Waals surface area contributed by atoms with E-state index in [-0.39, 0.29) is 12.3 Å². The fourth-order valence-corrected chi connectivity index (χ4v) is 4.16. The molecule has 0 saturated heterocycles. The number of carboxylic acids is 1. The van der Waals surface area contributed by atoms with Crippen molar-refractivity contribution in [2.45, 2.75) is 31.8 Å². The molecule has 2 aliphatic rings. The highest BCUT2D eigenvalue weighted by atomic mass is 35.5. The third kappa shape index (κ3) is 3.63. The summed E-state index contributed by atoms with van der Waals surface area (Å²) >= 11 is 17.7. The fraction of sp³-hybridized carbons (Fsp3) is 0.278. The number of anilines is 1. The highest BCUT2D eigenvalue weighted by molar-refractivity contribution is 7.80. The van der Waals surface area contributed by atoms with Gasteiger partial charge in [0, 0.05) is 51.6 Å². The van der Waals surface area contributed by atoms with Crippen molar-refractivity contribution >= 4 is 57.8 Å². The normalized spacial score (nSPS) is 21.5. The van der Waals surface area contributed by atoms with Gasteiger partial charge in [0.05, 0.1) is 6.04 Å². The molecule has 8 heteroatoms. The van der Waals surface area contributed by atoms with Crippen molar-refractivity contribution in [2.24, 2.45) is 0 Å². The molecule has 5 nitrogen and oxygen atoms in total. The number of carbonyl (C=O) groups is 2. The number of nitrogens with zero attached hydrogens (tertiary/aromatic N) is 1. The average molecular weight is 411 g/mol. The van der Waals surface area contributed by atoms with Crippen LogP contribution in [0.4, 0.5) is 5.69 Å². The predicted octanol–water partition coefficient (Wildman–Crippen LogP) is 4.37. The summed E-state index contributed by atoms with van der Waals surface area (Å²) in [5.74, 6) is -1.23. The van der Waals surface area contributed by atoms with Gasteiger partial charge in [-0.05, 0) is 24.3 Å². The van der Waals surface area contributed by atoms with E-state index in [0.717, 1.165) is 0 Å². The van der Waals surface area contributed by atoms with Crippen molar-refractivity contribution in [3.63, 3.8) is 0 Å². The molecular weight excluding hydrogens is 395 g/mol. The van der Waals surface area contributed by atoms with E-state index < -0.39 is 18.1 Å². The molecule has 0 spiro atoms. The van der Waals surface area contributed by atoms with E-state index in [1.807, 2.05) is 12.2 Å². The van der Waals surface area contributed by atoms with Crippen LogP contribution in [0.5, 0.6) is 0 Å². The van der Waals surface area contributed by atoms with Gasteiger partial charge in [0.2, 0.25) is 5.91 Å². The lowest BCUT2D eigenvalue weighted by molar-refractivity contribution is -0.139. The fourth-order valence-electron chi connectivity index (χ4n) is 3.33. The van der Waals surface area contributed by atoms with Crippen molar-refractivity contribution in [3.05, 3.63) is 51.7 Å². The van der Waals surface area contributed by atoms with Gasteiger partial charge in [-0.1, -0.05) is 41.5 Å². The Labute approximate surface area is 166 Å². The van der Waals surface area contributed by atoms with Gasteiger partial charge >= 0.3 is 5.97 Å². The SMILES string of the molecule is CC(=O)N(C1=CC(=S)CC=C1)[C@@H]1C[C@@H](C(=O)O)Nc2cc(Cl)cc(Cl)c21. The number of hydrogen-bond acceptors (Lipinski definition) is 4. The molecule has 0 bridgehead atoms. The summed E-state index contributed by atoms with van der Waals surface area (Å²) in [4.78, 5) is 26.4. The number of benzene rings is 1. The highest BCUT2D eigenvalue weighted by Gasteiger charge is 2.38. The maximum atomic E-state index is 12.5. The van der Waals surface area contributed by atoms with Crippen molar-refractivity contribution in [3.8, 4) is 0 Å². The van der Waals surface area contributed by atoms with Gasteiger partial charge in [0.15, 0.2) is 0 Å². The molecule has 0 saturated carbocycles. The summed E-state index contributed by atoms with van der Waals surface area (Å²) in [5.41, 5.74) is 1.79. The number of carbonyl (C=O) groups excluding carboxylic acids is 1. The molecule has 2 atom stereocenters. The van der Waals surface area contributed by atoms with Crippen molar-refractivity contribution in [1.29, 1.82) is 0 Å². The minimum Gasteiger partial charge on any atom is -0.480 e. The molecule has 1 amide bonds. The quantitative estimate of drug-likeness (QED) is 0.724.